The fraction of sp³-hybridized carbons (Fsp3) is 0.433. The van der Waals surface area contributed by atoms with Gasteiger partial charge in [-0.2, -0.15) is 4.31 Å². The first-order valence-electron chi connectivity index (χ1n) is 14.2. The first-order valence-corrected chi connectivity index (χ1v) is 17.2. The molecule has 0 radical (unpaired) electrons. The highest BCUT2D eigenvalue weighted by molar-refractivity contribution is 7.89. The monoisotopic (exact) mass is 630 g/mol. The lowest BCUT2D eigenvalue weighted by atomic mass is 9.88. The average Bonchev–Trinajstić information content (AvgIpc) is 3.41. The number of rotatable bonds is 11. The van der Waals surface area contributed by atoms with E-state index in [0.29, 0.717) is 44.7 Å². The molecule has 11 nitrogen and oxygen atoms in total. The summed E-state index contributed by atoms with van der Waals surface area (Å²) in [6.45, 7) is 3.41. The predicted molar refractivity (Wildman–Crippen MR) is 162 cm³/mol. The summed E-state index contributed by atoms with van der Waals surface area (Å²) >= 11 is 0. The van der Waals surface area contributed by atoms with Gasteiger partial charge in [-0.25, -0.2) is 21.6 Å². The summed E-state index contributed by atoms with van der Waals surface area (Å²) < 4.78 is 66.6. The number of nitrogens with zero attached hydrogens (tertiary/aromatic N) is 2. The molecule has 2 aliphatic rings. The molecule has 1 spiro atoms. The lowest BCUT2D eigenvalue weighted by Crippen LogP contribution is -2.47. The normalized spacial score (nSPS) is 19.8. The van der Waals surface area contributed by atoms with Gasteiger partial charge in [-0.1, -0.05) is 18.2 Å². The second kappa shape index (κ2) is 13.0. The Morgan fingerprint density at radius 2 is 1.79 bits per heavy atom. The Bertz CT molecular complexity index is 1640. The van der Waals surface area contributed by atoms with Gasteiger partial charge >= 0.3 is 0 Å². The summed E-state index contributed by atoms with van der Waals surface area (Å²) in [6, 6.07) is 15.1. The molecule has 232 valence electrons. The number of aliphatic hydroxyl groups is 1. The van der Waals surface area contributed by atoms with Gasteiger partial charge in [0, 0.05) is 49.7 Å². The van der Waals surface area contributed by atoms with Crippen LogP contribution in [0.1, 0.15) is 24.8 Å². The lowest BCUT2D eigenvalue weighted by Gasteiger charge is -2.38. The molecule has 3 heterocycles. The summed E-state index contributed by atoms with van der Waals surface area (Å²) in [7, 11) is -5.92. The van der Waals surface area contributed by atoms with E-state index in [9.17, 15) is 21.9 Å². The first kappa shape index (κ1) is 31.5. The molecule has 2 aliphatic heterocycles. The van der Waals surface area contributed by atoms with Gasteiger partial charge in [0.15, 0.2) is 0 Å². The molecule has 3 N–H and O–H groups in total. The van der Waals surface area contributed by atoms with Crippen molar-refractivity contribution in [2.75, 3.05) is 39.9 Å². The van der Waals surface area contributed by atoms with Crippen LogP contribution in [0.5, 0.6) is 5.75 Å². The fourth-order valence-electron chi connectivity index (χ4n) is 5.56. The van der Waals surface area contributed by atoms with Crippen molar-refractivity contribution in [2.45, 2.75) is 53.7 Å². The van der Waals surface area contributed by atoms with Crippen molar-refractivity contribution < 1.29 is 31.4 Å². The van der Waals surface area contributed by atoms with E-state index in [1.54, 1.807) is 42.7 Å². The lowest BCUT2D eigenvalue weighted by molar-refractivity contribution is -0.0312. The number of nitrogens with one attached hydrogen (secondary N) is 2. The standard InChI is InChI=1S/C30H38N4O7S2/c1-22-13-24(18-32-17-22)23-5-3-8-29(14-23)43(38,39)34-11-9-30(10-12-34)16-25(20-41-30)33-19-26(35)21-40-27-6-4-7-28(15-27)42(36,37)31-2/h3-8,13-15,17-18,25-26,31,33,35H,9-12,16,19-21H2,1-2H3/t25?,26-/m0/s1. The van der Waals surface area contributed by atoms with Crippen molar-refractivity contribution in [3.8, 4) is 16.9 Å². The average molecular weight is 631 g/mol. The number of benzene rings is 2. The van der Waals surface area contributed by atoms with E-state index in [2.05, 4.69) is 15.0 Å². The maximum atomic E-state index is 13.5. The summed E-state index contributed by atoms with van der Waals surface area (Å²) in [4.78, 5) is 4.58. The molecule has 1 unspecified atom stereocenters. The highest BCUT2D eigenvalue weighted by atomic mass is 32.2. The number of aliphatic hydroxyl groups excluding tert-OH is 1. The Kier molecular flexibility index (Phi) is 9.52. The second-order valence-corrected chi connectivity index (χ2v) is 15.0. The third kappa shape index (κ3) is 7.43. The van der Waals surface area contributed by atoms with Gasteiger partial charge in [-0.3, -0.25) is 4.98 Å². The van der Waals surface area contributed by atoms with E-state index in [1.807, 2.05) is 19.1 Å². The molecule has 0 bridgehead atoms. The second-order valence-electron chi connectivity index (χ2n) is 11.1. The van der Waals surface area contributed by atoms with Crippen LogP contribution < -0.4 is 14.8 Å². The molecule has 5 rings (SSSR count). The van der Waals surface area contributed by atoms with Gasteiger partial charge in [0.25, 0.3) is 0 Å². The number of ether oxygens (including phenoxy) is 2. The van der Waals surface area contributed by atoms with E-state index in [0.717, 1.165) is 16.7 Å². The molecule has 1 aromatic heterocycles. The van der Waals surface area contributed by atoms with Gasteiger partial charge in [0.05, 0.1) is 22.0 Å². The van der Waals surface area contributed by atoms with Gasteiger partial charge in [0.1, 0.15) is 18.5 Å². The minimum absolute atomic E-state index is 0.0107. The number of sulfonamides is 2. The number of pyridine rings is 1. The van der Waals surface area contributed by atoms with Crippen LogP contribution in [0.3, 0.4) is 0 Å². The van der Waals surface area contributed by atoms with Crippen molar-refractivity contribution in [3.63, 3.8) is 0 Å². The Hall–Kier alpha value is -2.91. The molecular formula is C30H38N4O7S2. The van der Waals surface area contributed by atoms with Crippen molar-refractivity contribution in [1.82, 2.24) is 19.3 Å². The molecule has 0 saturated carbocycles. The fourth-order valence-corrected chi connectivity index (χ4v) is 7.81. The van der Waals surface area contributed by atoms with Crippen molar-refractivity contribution in [1.29, 1.82) is 0 Å². The molecule has 0 amide bonds. The minimum Gasteiger partial charge on any atom is -0.491 e. The van der Waals surface area contributed by atoms with Crippen LogP contribution in [0.15, 0.2) is 76.8 Å². The van der Waals surface area contributed by atoms with Crippen LogP contribution in [-0.4, -0.2) is 88.9 Å². The zero-order valence-electron chi connectivity index (χ0n) is 24.3. The van der Waals surface area contributed by atoms with Gasteiger partial charge in [-0.15, -0.1) is 0 Å². The minimum atomic E-state index is -3.67. The van der Waals surface area contributed by atoms with Crippen LogP contribution in [0, 0.1) is 6.92 Å². The molecule has 2 atom stereocenters. The number of piperidine rings is 1. The zero-order chi connectivity index (χ0) is 30.7. The maximum Gasteiger partial charge on any atom is 0.243 e. The van der Waals surface area contributed by atoms with E-state index in [-0.39, 0.29) is 29.0 Å². The number of aromatic nitrogens is 1. The molecule has 43 heavy (non-hydrogen) atoms. The maximum absolute atomic E-state index is 13.5. The van der Waals surface area contributed by atoms with Crippen LogP contribution >= 0.6 is 0 Å². The third-order valence-electron chi connectivity index (χ3n) is 7.99. The Balaban J connectivity index is 1.10. The number of hydrogen-bond acceptors (Lipinski definition) is 9. The molecule has 2 saturated heterocycles. The van der Waals surface area contributed by atoms with Crippen LogP contribution in [0.2, 0.25) is 0 Å². The van der Waals surface area contributed by atoms with E-state index in [1.165, 1.54) is 23.5 Å². The van der Waals surface area contributed by atoms with Crippen LogP contribution in [0.4, 0.5) is 0 Å². The van der Waals surface area contributed by atoms with Crippen LogP contribution in [-0.2, 0) is 24.8 Å². The Morgan fingerprint density at radius 3 is 2.53 bits per heavy atom. The summed E-state index contributed by atoms with van der Waals surface area (Å²) in [6.07, 6.45) is 4.57. The predicted octanol–water partition coefficient (Wildman–Crippen LogP) is 2.31. The third-order valence-corrected chi connectivity index (χ3v) is 11.3. The van der Waals surface area contributed by atoms with Gasteiger partial charge in [-0.05, 0) is 74.7 Å². The summed E-state index contributed by atoms with van der Waals surface area (Å²) in [5, 5.41) is 13.8. The van der Waals surface area contributed by atoms with Crippen molar-refractivity contribution >= 4 is 20.0 Å². The SMILES string of the molecule is CNS(=O)(=O)c1cccc(OC[C@@H](O)CNC2COC3(CCN(S(=O)(=O)c4cccc(-c5cncc(C)c5)c4)CC3)C2)c1. The largest absolute Gasteiger partial charge is 0.491 e. The highest BCUT2D eigenvalue weighted by Gasteiger charge is 2.44. The molecule has 2 aromatic carbocycles. The Labute approximate surface area is 253 Å². The van der Waals surface area contributed by atoms with E-state index in [4.69, 9.17) is 9.47 Å². The molecule has 3 aromatic rings. The molecule has 13 heteroatoms. The quantitative estimate of drug-likeness (QED) is 0.290. The topological polar surface area (TPSA) is 147 Å². The molecule has 0 aliphatic carbocycles. The molecular weight excluding hydrogens is 592 g/mol. The first-order chi connectivity index (χ1) is 20.5. The zero-order valence-corrected chi connectivity index (χ0v) is 25.9. The molecule has 2 fully saturated rings. The number of hydrogen-bond donors (Lipinski definition) is 3. The van der Waals surface area contributed by atoms with Crippen LogP contribution in [0.25, 0.3) is 11.1 Å². The smallest absolute Gasteiger partial charge is 0.243 e. The van der Waals surface area contributed by atoms with Gasteiger partial charge in [0.2, 0.25) is 20.0 Å². The van der Waals surface area contributed by atoms with E-state index < -0.39 is 31.8 Å². The Morgan fingerprint density at radius 1 is 1.05 bits per heavy atom. The van der Waals surface area contributed by atoms with Crippen molar-refractivity contribution in [3.05, 3.63) is 72.6 Å². The van der Waals surface area contributed by atoms with Crippen molar-refractivity contribution in [2.24, 2.45) is 0 Å². The van der Waals surface area contributed by atoms with E-state index >= 15 is 0 Å². The summed E-state index contributed by atoms with van der Waals surface area (Å²) in [5.74, 6) is 0.346. The highest BCUT2D eigenvalue weighted by Crippen LogP contribution is 2.37. The summed E-state index contributed by atoms with van der Waals surface area (Å²) in [5.41, 5.74) is 2.28. The number of aryl methyl sites for hydroxylation is 1. The van der Waals surface area contributed by atoms with Gasteiger partial charge < -0.3 is 19.9 Å².